The van der Waals surface area contributed by atoms with Gasteiger partial charge >= 0.3 is 5.97 Å². The van der Waals surface area contributed by atoms with Crippen LogP contribution in [-0.2, 0) is 14.8 Å². The van der Waals surface area contributed by atoms with Gasteiger partial charge in [-0.1, -0.05) is 0 Å². The molecule has 0 bridgehead atoms. The Morgan fingerprint density at radius 3 is 2.85 bits per heavy atom. The summed E-state index contributed by atoms with van der Waals surface area (Å²) in [5.41, 5.74) is 0.575. The van der Waals surface area contributed by atoms with E-state index in [1.165, 1.54) is 7.11 Å². The molecule has 0 aromatic carbocycles. The molecule has 0 aliphatic carbocycles. The molecule has 1 aliphatic rings. The van der Waals surface area contributed by atoms with Gasteiger partial charge in [-0.2, -0.15) is 11.8 Å². The molecule has 2 rings (SSSR count). The standard InChI is InChI=1S/C12H17NO4S3/c1-8-6-19-10(12(14)17-2)11(8)20(15,16)13-9-4-3-5-18-7-9/h6,9,13H,3-5,7H2,1-2H3. The van der Waals surface area contributed by atoms with Gasteiger partial charge in [0.05, 0.1) is 7.11 Å². The first kappa shape index (κ1) is 15.8. The van der Waals surface area contributed by atoms with E-state index < -0.39 is 16.0 Å². The number of carbonyl (C=O) groups is 1. The fourth-order valence-corrected chi connectivity index (χ4v) is 6.27. The number of esters is 1. The molecule has 1 aromatic heterocycles. The van der Waals surface area contributed by atoms with Crippen LogP contribution in [0.25, 0.3) is 0 Å². The first-order valence-corrected chi connectivity index (χ1v) is 9.74. The normalized spacial score (nSPS) is 19.8. The van der Waals surface area contributed by atoms with Gasteiger partial charge in [-0.3, -0.25) is 0 Å². The average Bonchev–Trinajstić information content (AvgIpc) is 2.81. The number of carbonyl (C=O) groups excluding carboxylic acids is 1. The molecule has 5 nitrogen and oxygen atoms in total. The van der Waals surface area contributed by atoms with Crippen molar-refractivity contribution in [1.29, 1.82) is 0 Å². The molecule has 0 amide bonds. The zero-order valence-electron chi connectivity index (χ0n) is 11.3. The maximum Gasteiger partial charge on any atom is 0.349 e. The Balaban J connectivity index is 2.29. The Morgan fingerprint density at radius 1 is 1.50 bits per heavy atom. The fourth-order valence-electron chi connectivity index (χ4n) is 2.11. The lowest BCUT2D eigenvalue weighted by Crippen LogP contribution is -2.38. The first-order valence-electron chi connectivity index (χ1n) is 6.22. The van der Waals surface area contributed by atoms with Crippen molar-refractivity contribution >= 4 is 39.1 Å². The number of aryl methyl sites for hydroxylation is 1. The van der Waals surface area contributed by atoms with Crippen molar-refractivity contribution in [3.63, 3.8) is 0 Å². The summed E-state index contributed by atoms with van der Waals surface area (Å²) < 4.78 is 32.4. The summed E-state index contributed by atoms with van der Waals surface area (Å²) in [7, 11) is -2.44. The molecule has 1 atom stereocenters. The van der Waals surface area contributed by atoms with Gasteiger partial charge in [0.1, 0.15) is 9.77 Å². The molecule has 1 N–H and O–H groups in total. The molecular formula is C12H17NO4S3. The third kappa shape index (κ3) is 3.36. The highest BCUT2D eigenvalue weighted by molar-refractivity contribution is 7.99. The van der Waals surface area contributed by atoms with Crippen LogP contribution in [0.4, 0.5) is 0 Å². The number of rotatable bonds is 4. The molecule has 8 heteroatoms. The number of hydrogen-bond acceptors (Lipinski definition) is 6. The minimum atomic E-state index is -3.69. The number of thioether (sulfide) groups is 1. The summed E-state index contributed by atoms with van der Waals surface area (Å²) in [5, 5.41) is 1.66. The third-order valence-corrected chi connectivity index (χ3v) is 7.17. The molecule has 1 unspecified atom stereocenters. The van der Waals surface area contributed by atoms with Gasteiger partial charge in [-0.15, -0.1) is 11.3 Å². The number of hydrogen-bond donors (Lipinski definition) is 1. The molecule has 0 spiro atoms. The molecule has 1 saturated heterocycles. The van der Waals surface area contributed by atoms with Crippen LogP contribution in [0.1, 0.15) is 28.1 Å². The number of sulfonamides is 1. The minimum Gasteiger partial charge on any atom is -0.465 e. The molecule has 1 aliphatic heterocycles. The van der Waals surface area contributed by atoms with Crippen LogP contribution >= 0.6 is 23.1 Å². The van der Waals surface area contributed by atoms with Crippen molar-refractivity contribution in [3.05, 3.63) is 15.8 Å². The second kappa shape index (κ2) is 6.46. The number of methoxy groups -OCH3 is 1. The zero-order valence-corrected chi connectivity index (χ0v) is 13.8. The van der Waals surface area contributed by atoms with E-state index in [9.17, 15) is 13.2 Å². The lowest BCUT2D eigenvalue weighted by atomic mass is 10.2. The molecule has 2 heterocycles. The highest BCUT2D eigenvalue weighted by Crippen LogP contribution is 2.28. The van der Waals surface area contributed by atoms with Crippen LogP contribution in [0, 0.1) is 6.92 Å². The van der Waals surface area contributed by atoms with E-state index >= 15 is 0 Å². The highest BCUT2D eigenvalue weighted by atomic mass is 32.2. The van der Waals surface area contributed by atoms with Gasteiger partial charge in [0.15, 0.2) is 0 Å². The van der Waals surface area contributed by atoms with E-state index in [2.05, 4.69) is 9.46 Å². The van der Waals surface area contributed by atoms with E-state index in [1.54, 1.807) is 24.1 Å². The monoisotopic (exact) mass is 335 g/mol. The predicted octanol–water partition coefficient (Wildman–Crippen LogP) is 2.02. The predicted molar refractivity (Wildman–Crippen MR) is 81.1 cm³/mol. The quantitative estimate of drug-likeness (QED) is 0.852. The summed E-state index contributed by atoms with van der Waals surface area (Å²) in [6, 6.07) is -0.0662. The van der Waals surface area contributed by atoms with Crippen LogP contribution in [0.2, 0.25) is 0 Å². The van der Waals surface area contributed by atoms with Crippen molar-refractivity contribution in [2.45, 2.75) is 30.7 Å². The van der Waals surface area contributed by atoms with Crippen LogP contribution in [-0.4, -0.2) is 39.0 Å². The maximum atomic E-state index is 12.5. The second-order valence-electron chi connectivity index (χ2n) is 4.60. The van der Waals surface area contributed by atoms with Gasteiger partial charge in [0.2, 0.25) is 10.0 Å². The molecule has 20 heavy (non-hydrogen) atoms. The smallest absolute Gasteiger partial charge is 0.349 e. The number of ether oxygens (including phenoxy) is 1. The van der Waals surface area contributed by atoms with Gasteiger partial charge in [-0.25, -0.2) is 17.9 Å². The van der Waals surface area contributed by atoms with Gasteiger partial charge in [0.25, 0.3) is 0 Å². The van der Waals surface area contributed by atoms with Crippen LogP contribution in [0.15, 0.2) is 10.3 Å². The molecular weight excluding hydrogens is 318 g/mol. The van der Waals surface area contributed by atoms with E-state index in [0.717, 1.165) is 35.7 Å². The molecule has 1 aromatic rings. The Labute approximate surface area is 127 Å². The van der Waals surface area contributed by atoms with Gasteiger partial charge in [-0.05, 0) is 36.5 Å². The van der Waals surface area contributed by atoms with Crippen molar-refractivity contribution in [2.24, 2.45) is 0 Å². The van der Waals surface area contributed by atoms with Crippen LogP contribution in [0.5, 0.6) is 0 Å². The summed E-state index contributed by atoms with van der Waals surface area (Å²) in [6.07, 6.45) is 1.84. The van der Waals surface area contributed by atoms with Crippen molar-refractivity contribution in [3.8, 4) is 0 Å². The van der Waals surface area contributed by atoms with E-state index in [4.69, 9.17) is 0 Å². The van der Waals surface area contributed by atoms with Crippen molar-refractivity contribution < 1.29 is 17.9 Å². The van der Waals surface area contributed by atoms with E-state index in [1.807, 2.05) is 0 Å². The summed E-state index contributed by atoms with van der Waals surface area (Å²) in [6.45, 7) is 1.69. The summed E-state index contributed by atoms with van der Waals surface area (Å²) in [5.74, 6) is 1.24. The second-order valence-corrected chi connectivity index (χ2v) is 8.28. The molecule has 0 saturated carbocycles. The number of nitrogens with one attached hydrogen (secondary N) is 1. The Kier molecular flexibility index (Phi) is 5.11. The van der Waals surface area contributed by atoms with Gasteiger partial charge < -0.3 is 4.74 Å². The van der Waals surface area contributed by atoms with Gasteiger partial charge in [0, 0.05) is 11.8 Å². The van der Waals surface area contributed by atoms with E-state index in [0.29, 0.717) is 5.56 Å². The Morgan fingerprint density at radius 2 is 2.25 bits per heavy atom. The SMILES string of the molecule is COC(=O)c1scc(C)c1S(=O)(=O)NC1CCCSC1. The average molecular weight is 335 g/mol. The third-order valence-electron chi connectivity index (χ3n) is 3.04. The van der Waals surface area contributed by atoms with Crippen molar-refractivity contribution in [1.82, 2.24) is 4.72 Å². The fraction of sp³-hybridized carbons (Fsp3) is 0.583. The van der Waals surface area contributed by atoms with E-state index in [-0.39, 0.29) is 15.8 Å². The minimum absolute atomic E-state index is 0.0601. The zero-order chi connectivity index (χ0) is 14.8. The molecule has 112 valence electrons. The summed E-state index contributed by atoms with van der Waals surface area (Å²) in [4.78, 5) is 11.9. The van der Waals surface area contributed by atoms with Crippen LogP contribution < -0.4 is 4.72 Å². The summed E-state index contributed by atoms with van der Waals surface area (Å²) >= 11 is 2.84. The van der Waals surface area contributed by atoms with Crippen LogP contribution in [0.3, 0.4) is 0 Å². The van der Waals surface area contributed by atoms with Crippen molar-refractivity contribution in [2.75, 3.05) is 18.6 Å². The highest BCUT2D eigenvalue weighted by Gasteiger charge is 2.30. The molecule has 1 fully saturated rings. The largest absolute Gasteiger partial charge is 0.465 e. The Hall–Kier alpha value is -0.570. The lowest BCUT2D eigenvalue weighted by molar-refractivity contribution is 0.0602. The first-order chi connectivity index (χ1) is 9.45. The topological polar surface area (TPSA) is 72.5 Å². The maximum absolute atomic E-state index is 12.5. The Bertz CT molecular complexity index is 588. The number of thiophene rings is 1. The lowest BCUT2D eigenvalue weighted by Gasteiger charge is -2.22. The molecule has 0 radical (unpaired) electrons.